The third-order valence-corrected chi connectivity index (χ3v) is 0.177. The van der Waals surface area contributed by atoms with Crippen LogP contribution in [0.3, 0.4) is 0 Å². The normalized spacial score (nSPS) is 2.17. The average Bonchev–Trinajstić information content (AvgIpc) is 1.37. The van der Waals surface area contributed by atoms with Crippen molar-refractivity contribution in [2.45, 2.75) is 6.92 Å². The summed E-state index contributed by atoms with van der Waals surface area (Å²) in [5.41, 5.74) is 0. The Bertz CT molecular complexity index is 44.3. The first-order valence-corrected chi connectivity index (χ1v) is 1.10. The van der Waals surface area contributed by atoms with Crippen LogP contribution in [-0.2, 0) is 0 Å². The van der Waals surface area contributed by atoms with Crippen LogP contribution < -0.4 is 17.0 Å². The van der Waals surface area contributed by atoms with Crippen molar-refractivity contribution in [3.8, 4) is 11.8 Å². The van der Waals surface area contributed by atoms with E-state index in [4.69, 9.17) is 0 Å². The second kappa shape index (κ2) is 17.3. The third-order valence-electron chi connectivity index (χ3n) is 0.177. The molecule has 0 heterocycles. The van der Waals surface area contributed by atoms with Crippen LogP contribution in [-0.4, -0.2) is 23.1 Å². The first kappa shape index (κ1) is 15.9. The van der Waals surface area contributed by atoms with E-state index in [-0.39, 0.29) is 40.0 Å². The smallest absolute Gasteiger partial charge is 1.00 e. The van der Waals surface area contributed by atoms with Crippen molar-refractivity contribution in [3.05, 3.63) is 6.92 Å². The molecule has 0 bridgehead atoms. The Hall–Kier alpha value is 0.676. The van der Waals surface area contributed by atoms with Gasteiger partial charge in [-0.05, 0) is 0 Å². The molecule has 6 heavy (non-hydrogen) atoms. The largest absolute Gasteiger partial charge is 2.00 e. The van der Waals surface area contributed by atoms with E-state index in [0.29, 0.717) is 0 Å². The summed E-state index contributed by atoms with van der Waals surface area (Å²) in [6, 6.07) is 0. The zero-order valence-corrected chi connectivity index (χ0v) is 6.79. The number of hydrogen-bond donors (Lipinski definition) is 0. The monoisotopic (exact) mass is 156 g/mol. The van der Waals surface area contributed by atoms with Gasteiger partial charge in [0.15, 0.2) is 0 Å². The Labute approximate surface area is 65.6 Å². The van der Waals surface area contributed by atoms with Gasteiger partial charge in [0, 0.05) is 0 Å². The van der Waals surface area contributed by atoms with Gasteiger partial charge in [-0.2, -0.15) is 6.92 Å². The van der Waals surface area contributed by atoms with Crippen LogP contribution in [0.4, 0.5) is 0 Å². The van der Waals surface area contributed by atoms with Gasteiger partial charge in [-0.25, -0.2) is 0 Å². The van der Waals surface area contributed by atoms with E-state index in [9.17, 15) is 0 Å². The molecule has 0 nitrogen and oxygen atoms in total. The summed E-state index contributed by atoms with van der Waals surface area (Å²) in [5.74, 6) is 5.00. The van der Waals surface area contributed by atoms with E-state index in [1.165, 1.54) is 0 Å². The van der Waals surface area contributed by atoms with Gasteiger partial charge in [0.2, 0.25) is 0 Å². The molecule has 2 heteroatoms. The second-order valence-electron chi connectivity index (χ2n) is 0.427. The molecule has 0 atom stereocenters. The fraction of sp³-hybridized carbons (Fsp3) is 0.250. The number of halogens is 1. The maximum atomic E-state index is 3.24. The Balaban J connectivity index is -0.0000000450. The molecule has 0 saturated carbocycles. The Morgan fingerprint density at radius 1 is 1.50 bits per heavy atom. The maximum absolute atomic E-state index is 3.24. The van der Waals surface area contributed by atoms with Crippen molar-refractivity contribution in [1.29, 1.82) is 0 Å². The summed E-state index contributed by atoms with van der Waals surface area (Å²) in [6.07, 6.45) is 0. The van der Waals surface area contributed by atoms with Crippen LogP contribution >= 0.6 is 0 Å². The fourth-order valence-corrected chi connectivity index (χ4v) is 0. The van der Waals surface area contributed by atoms with Gasteiger partial charge in [-0.15, -0.1) is 0 Å². The van der Waals surface area contributed by atoms with Crippen molar-refractivity contribution >= 4 is 23.1 Å². The van der Waals surface area contributed by atoms with Crippen LogP contribution in [0.1, 0.15) is 6.92 Å². The van der Waals surface area contributed by atoms with Gasteiger partial charge in [0.05, 0.1) is 0 Å². The van der Waals surface area contributed by atoms with Gasteiger partial charge >= 0.3 is 23.1 Å². The quantitative estimate of drug-likeness (QED) is 0.207. The molecule has 0 N–H and O–H groups in total. The van der Waals surface area contributed by atoms with Crippen molar-refractivity contribution in [3.63, 3.8) is 0 Å². The van der Waals surface area contributed by atoms with E-state index in [0.717, 1.165) is 0 Å². The SMILES string of the molecule is [Br-].[CH2-]C#CC.[Mg+2]. The molecular weight excluding hydrogens is 152 g/mol. The average molecular weight is 157 g/mol. The van der Waals surface area contributed by atoms with E-state index in [2.05, 4.69) is 18.8 Å². The maximum Gasteiger partial charge on any atom is 2.00 e. The van der Waals surface area contributed by atoms with Crippen LogP contribution in [0.2, 0.25) is 0 Å². The fourth-order valence-electron chi connectivity index (χ4n) is 0. The summed E-state index contributed by atoms with van der Waals surface area (Å²) < 4.78 is 0. The first-order chi connectivity index (χ1) is 1.91. The van der Waals surface area contributed by atoms with Crippen molar-refractivity contribution in [2.75, 3.05) is 0 Å². The molecule has 0 spiro atoms. The number of hydrogen-bond acceptors (Lipinski definition) is 0. The van der Waals surface area contributed by atoms with Gasteiger partial charge in [0.25, 0.3) is 0 Å². The van der Waals surface area contributed by atoms with Crippen molar-refractivity contribution < 1.29 is 17.0 Å². The van der Waals surface area contributed by atoms with Gasteiger partial charge in [-0.3, -0.25) is 5.92 Å². The molecule has 0 aromatic rings. The first-order valence-electron chi connectivity index (χ1n) is 1.10. The minimum atomic E-state index is 0. The Kier molecular flexibility index (Phi) is 46.0. The van der Waals surface area contributed by atoms with Gasteiger partial charge in [0.1, 0.15) is 0 Å². The second-order valence-corrected chi connectivity index (χ2v) is 0.427. The van der Waals surface area contributed by atoms with Crippen molar-refractivity contribution in [2.24, 2.45) is 0 Å². The third kappa shape index (κ3) is 22.5. The summed E-state index contributed by atoms with van der Waals surface area (Å²) >= 11 is 0. The molecule has 0 saturated heterocycles. The summed E-state index contributed by atoms with van der Waals surface area (Å²) in [6.45, 7) is 5.00. The molecule has 0 unspecified atom stereocenters. The zero-order valence-electron chi connectivity index (χ0n) is 3.79. The van der Waals surface area contributed by atoms with Crippen LogP contribution in [0.15, 0.2) is 0 Å². The Morgan fingerprint density at radius 3 is 1.67 bits per heavy atom. The molecular formula is C4H5BrMg. The van der Waals surface area contributed by atoms with Gasteiger partial charge in [-0.1, -0.05) is 6.92 Å². The van der Waals surface area contributed by atoms with E-state index >= 15 is 0 Å². The number of rotatable bonds is 0. The minimum absolute atomic E-state index is 0. The molecule has 0 aliphatic carbocycles. The van der Waals surface area contributed by atoms with Crippen molar-refractivity contribution in [1.82, 2.24) is 0 Å². The summed E-state index contributed by atoms with van der Waals surface area (Å²) in [5, 5.41) is 0. The standard InChI is InChI=1S/C4H5.BrH.Mg/c1-3-4-2;;/h1H2,2H3;1H;/q-1;;+2/p-1. The predicted octanol–water partition coefficient (Wildman–Crippen LogP) is -2.53. The molecule has 0 aliphatic rings. The molecule has 0 amide bonds. The van der Waals surface area contributed by atoms with Crippen LogP contribution in [0, 0.1) is 18.8 Å². The zero-order chi connectivity index (χ0) is 3.41. The molecule has 0 fully saturated rings. The predicted molar refractivity (Wildman–Crippen MR) is 24.6 cm³/mol. The van der Waals surface area contributed by atoms with E-state index in [1.54, 1.807) is 6.92 Å². The summed E-state index contributed by atoms with van der Waals surface area (Å²) in [4.78, 5) is 0. The van der Waals surface area contributed by atoms with E-state index < -0.39 is 0 Å². The molecule has 0 rings (SSSR count). The topological polar surface area (TPSA) is 0 Å². The van der Waals surface area contributed by atoms with E-state index in [1.807, 2.05) is 0 Å². The van der Waals surface area contributed by atoms with Crippen LogP contribution in [0.5, 0.6) is 0 Å². The molecule has 0 aromatic carbocycles. The minimum Gasteiger partial charge on any atom is -1.00 e. The summed E-state index contributed by atoms with van der Waals surface area (Å²) in [7, 11) is 0. The van der Waals surface area contributed by atoms with Crippen LogP contribution in [0.25, 0.3) is 0 Å². The Morgan fingerprint density at radius 2 is 1.67 bits per heavy atom. The molecule has 0 radical (unpaired) electrons. The van der Waals surface area contributed by atoms with Gasteiger partial charge < -0.3 is 22.9 Å². The molecule has 30 valence electrons. The molecule has 0 aliphatic heterocycles. The molecule has 0 aromatic heterocycles.